The Labute approximate surface area is 183 Å². The molecule has 6 nitrogen and oxygen atoms in total. The van der Waals surface area contributed by atoms with Crippen LogP contribution in [0.4, 0.5) is 0 Å². The highest BCUT2D eigenvalue weighted by atomic mass is 79.9. The van der Waals surface area contributed by atoms with Crippen LogP contribution in [-0.4, -0.2) is 37.2 Å². The van der Waals surface area contributed by atoms with Crippen LogP contribution in [0.2, 0.25) is 0 Å². The minimum absolute atomic E-state index is 0.170. The maximum atomic E-state index is 12.9. The molecule has 0 unspecified atom stereocenters. The third-order valence-electron chi connectivity index (χ3n) is 4.90. The standard InChI is InChI=1S/C23H24BrNO5/c1-4-29-22(26)21(23(27)30-5-2)20(14-6-8-15(24)9-7-14)18-13-25-19-11-10-16(28-3)12-17(18)19/h6-13,20-21,25H,4-5H2,1-3H3/t20-/m0/s1. The number of hydrogen-bond donors (Lipinski definition) is 1. The van der Waals surface area contributed by atoms with Crippen LogP contribution in [0.1, 0.15) is 30.9 Å². The van der Waals surface area contributed by atoms with Gasteiger partial charge < -0.3 is 19.2 Å². The summed E-state index contributed by atoms with van der Waals surface area (Å²) in [4.78, 5) is 29.1. The van der Waals surface area contributed by atoms with Gasteiger partial charge in [-0.2, -0.15) is 0 Å². The SMILES string of the molecule is CCOC(=O)C(C(=O)OCC)[C@@H](c1ccc(Br)cc1)c1c[nH]c2ccc(OC)cc12. The Morgan fingerprint density at radius 1 is 1.00 bits per heavy atom. The number of halogens is 1. The van der Waals surface area contributed by atoms with Crippen LogP contribution >= 0.6 is 15.9 Å². The van der Waals surface area contributed by atoms with Gasteiger partial charge in [0.1, 0.15) is 5.75 Å². The van der Waals surface area contributed by atoms with E-state index in [2.05, 4.69) is 20.9 Å². The molecule has 0 radical (unpaired) electrons. The van der Waals surface area contributed by atoms with Gasteiger partial charge >= 0.3 is 11.9 Å². The molecule has 1 N–H and O–H groups in total. The van der Waals surface area contributed by atoms with E-state index in [0.29, 0.717) is 5.75 Å². The molecule has 0 saturated heterocycles. The Morgan fingerprint density at radius 3 is 2.20 bits per heavy atom. The first kappa shape index (κ1) is 21.9. The van der Waals surface area contributed by atoms with E-state index in [4.69, 9.17) is 14.2 Å². The number of carbonyl (C=O) groups is 2. The number of H-pyrrole nitrogens is 1. The average molecular weight is 474 g/mol. The van der Waals surface area contributed by atoms with Crippen LogP contribution in [-0.2, 0) is 19.1 Å². The lowest BCUT2D eigenvalue weighted by Crippen LogP contribution is -2.34. The Bertz CT molecular complexity index is 1010. The largest absolute Gasteiger partial charge is 0.497 e. The van der Waals surface area contributed by atoms with Crippen LogP contribution in [0.15, 0.2) is 53.1 Å². The normalized spacial score (nSPS) is 12.0. The number of carbonyl (C=O) groups excluding carboxylic acids is 2. The number of ether oxygens (including phenoxy) is 3. The third kappa shape index (κ3) is 4.51. The molecule has 30 heavy (non-hydrogen) atoms. The summed E-state index contributed by atoms with van der Waals surface area (Å²) in [7, 11) is 1.60. The number of hydrogen-bond acceptors (Lipinski definition) is 5. The molecular weight excluding hydrogens is 450 g/mol. The first-order valence-electron chi connectivity index (χ1n) is 9.73. The maximum Gasteiger partial charge on any atom is 0.321 e. The van der Waals surface area contributed by atoms with E-state index < -0.39 is 23.8 Å². The van der Waals surface area contributed by atoms with Gasteiger partial charge in [-0.3, -0.25) is 9.59 Å². The van der Waals surface area contributed by atoms with Gasteiger partial charge in [0.15, 0.2) is 5.92 Å². The number of benzene rings is 2. The number of nitrogens with one attached hydrogen (secondary N) is 1. The number of methoxy groups -OCH3 is 1. The zero-order chi connectivity index (χ0) is 21.7. The fraction of sp³-hybridized carbons (Fsp3) is 0.304. The van der Waals surface area contributed by atoms with E-state index in [1.165, 1.54) is 0 Å². The van der Waals surface area contributed by atoms with Crippen LogP contribution in [0, 0.1) is 5.92 Å². The second-order valence-electron chi connectivity index (χ2n) is 6.67. The van der Waals surface area contributed by atoms with Gasteiger partial charge in [-0.05, 0) is 55.3 Å². The Balaban J connectivity index is 2.23. The molecule has 1 aromatic heterocycles. The van der Waals surface area contributed by atoms with Gasteiger partial charge in [0.05, 0.1) is 20.3 Å². The third-order valence-corrected chi connectivity index (χ3v) is 5.43. The molecule has 158 valence electrons. The Hall–Kier alpha value is -2.80. The molecular formula is C23H24BrNO5. The van der Waals surface area contributed by atoms with E-state index >= 15 is 0 Å². The van der Waals surface area contributed by atoms with Crippen molar-refractivity contribution < 1.29 is 23.8 Å². The molecule has 0 aliphatic rings. The van der Waals surface area contributed by atoms with E-state index in [1.54, 1.807) is 21.0 Å². The molecule has 0 bridgehead atoms. The van der Waals surface area contributed by atoms with E-state index in [1.807, 2.05) is 48.7 Å². The van der Waals surface area contributed by atoms with Crippen molar-refractivity contribution in [2.24, 2.45) is 5.92 Å². The smallest absolute Gasteiger partial charge is 0.321 e. The first-order valence-corrected chi connectivity index (χ1v) is 10.5. The van der Waals surface area contributed by atoms with Crippen molar-refractivity contribution in [3.05, 3.63) is 64.3 Å². The van der Waals surface area contributed by atoms with Gasteiger partial charge in [-0.1, -0.05) is 28.1 Å². The fourth-order valence-corrected chi connectivity index (χ4v) is 3.82. The van der Waals surface area contributed by atoms with Crippen LogP contribution in [0.5, 0.6) is 5.75 Å². The molecule has 3 rings (SSSR count). The zero-order valence-corrected chi connectivity index (χ0v) is 18.7. The summed E-state index contributed by atoms with van der Waals surface area (Å²) in [5.41, 5.74) is 2.46. The molecule has 0 aliphatic carbocycles. The summed E-state index contributed by atoms with van der Waals surface area (Å²) < 4.78 is 16.8. The van der Waals surface area contributed by atoms with Crippen molar-refractivity contribution in [1.82, 2.24) is 4.98 Å². The van der Waals surface area contributed by atoms with Crippen LogP contribution in [0.3, 0.4) is 0 Å². The predicted octanol–water partition coefficient (Wildman–Crippen LogP) is 4.81. The highest BCUT2D eigenvalue weighted by molar-refractivity contribution is 9.10. The molecule has 0 spiro atoms. The second kappa shape index (κ2) is 9.80. The van der Waals surface area contributed by atoms with Crippen molar-refractivity contribution >= 4 is 38.8 Å². The van der Waals surface area contributed by atoms with Crippen molar-refractivity contribution in [3.8, 4) is 5.75 Å². The highest BCUT2D eigenvalue weighted by Crippen LogP contribution is 2.39. The highest BCUT2D eigenvalue weighted by Gasteiger charge is 2.40. The topological polar surface area (TPSA) is 77.6 Å². The number of rotatable bonds is 8. The van der Waals surface area contributed by atoms with E-state index in [0.717, 1.165) is 26.5 Å². The minimum atomic E-state index is -1.14. The molecule has 7 heteroatoms. The second-order valence-corrected chi connectivity index (χ2v) is 7.58. The molecule has 0 fully saturated rings. The molecule has 0 aliphatic heterocycles. The van der Waals surface area contributed by atoms with Crippen molar-refractivity contribution in [3.63, 3.8) is 0 Å². The molecule has 3 aromatic rings. The van der Waals surface area contributed by atoms with Crippen molar-refractivity contribution in [2.75, 3.05) is 20.3 Å². The summed E-state index contributed by atoms with van der Waals surface area (Å²) in [6.45, 7) is 3.77. The van der Waals surface area contributed by atoms with Gasteiger partial charge in [0.25, 0.3) is 0 Å². The van der Waals surface area contributed by atoms with Crippen molar-refractivity contribution in [1.29, 1.82) is 0 Å². The summed E-state index contributed by atoms with van der Waals surface area (Å²) in [6, 6.07) is 13.2. The maximum absolute atomic E-state index is 12.9. The van der Waals surface area contributed by atoms with E-state index in [-0.39, 0.29) is 13.2 Å². The van der Waals surface area contributed by atoms with Gasteiger partial charge in [0, 0.05) is 27.5 Å². The summed E-state index contributed by atoms with van der Waals surface area (Å²) in [6.07, 6.45) is 1.82. The van der Waals surface area contributed by atoms with E-state index in [9.17, 15) is 9.59 Å². The average Bonchev–Trinajstić information content (AvgIpc) is 3.15. The quantitative estimate of drug-likeness (QED) is 0.375. The van der Waals surface area contributed by atoms with Crippen molar-refractivity contribution in [2.45, 2.75) is 19.8 Å². The number of aromatic nitrogens is 1. The first-order chi connectivity index (χ1) is 14.5. The predicted molar refractivity (Wildman–Crippen MR) is 118 cm³/mol. The minimum Gasteiger partial charge on any atom is -0.497 e. The molecule has 2 aromatic carbocycles. The summed E-state index contributed by atoms with van der Waals surface area (Å²) in [5, 5.41) is 0.862. The molecule has 1 atom stereocenters. The lowest BCUT2D eigenvalue weighted by atomic mass is 9.80. The monoisotopic (exact) mass is 473 g/mol. The number of esters is 2. The van der Waals surface area contributed by atoms with Gasteiger partial charge in [0.2, 0.25) is 0 Å². The molecule has 1 heterocycles. The van der Waals surface area contributed by atoms with Gasteiger partial charge in [-0.15, -0.1) is 0 Å². The number of aromatic amines is 1. The molecule has 0 amide bonds. The van der Waals surface area contributed by atoms with Crippen LogP contribution in [0.25, 0.3) is 10.9 Å². The fourth-order valence-electron chi connectivity index (χ4n) is 3.56. The lowest BCUT2D eigenvalue weighted by molar-refractivity contribution is -0.162. The van der Waals surface area contributed by atoms with Gasteiger partial charge in [-0.25, -0.2) is 0 Å². The Kier molecular flexibility index (Phi) is 7.15. The van der Waals surface area contributed by atoms with Crippen LogP contribution < -0.4 is 4.74 Å². The summed E-state index contributed by atoms with van der Waals surface area (Å²) >= 11 is 3.44. The summed E-state index contributed by atoms with van der Waals surface area (Å²) in [5.74, 6) is -2.28. The number of fused-ring (bicyclic) bond motifs is 1. The molecule has 0 saturated carbocycles. The zero-order valence-electron chi connectivity index (χ0n) is 17.1. The lowest BCUT2D eigenvalue weighted by Gasteiger charge is -2.25. The Morgan fingerprint density at radius 2 is 1.63 bits per heavy atom.